The number of carbonyl (C=O) groups excluding carboxylic acids is 2. The van der Waals surface area contributed by atoms with E-state index in [2.05, 4.69) is 10.1 Å². The lowest BCUT2D eigenvalue weighted by Crippen LogP contribution is -2.39. The average Bonchev–Trinajstić information content (AvgIpc) is 3.35. The second kappa shape index (κ2) is 11.2. The Hall–Kier alpha value is -4.01. The first kappa shape index (κ1) is 27.6. The van der Waals surface area contributed by atoms with Crippen molar-refractivity contribution in [1.82, 2.24) is 19.7 Å². The van der Waals surface area contributed by atoms with E-state index in [9.17, 15) is 22.8 Å². The van der Waals surface area contributed by atoms with Crippen molar-refractivity contribution in [3.8, 4) is 11.3 Å². The lowest BCUT2D eigenvalue weighted by molar-refractivity contribution is -0.133. The smallest absolute Gasteiger partial charge is 0.339 e. The van der Waals surface area contributed by atoms with Crippen LogP contribution in [0.25, 0.3) is 22.2 Å². The predicted octanol–water partition coefficient (Wildman–Crippen LogP) is 6.79. The van der Waals surface area contributed by atoms with E-state index in [0.29, 0.717) is 47.8 Å². The van der Waals surface area contributed by atoms with Gasteiger partial charge < -0.3 is 4.90 Å². The number of likely N-dealkylation sites (tertiary alicyclic amines) is 1. The molecule has 0 bridgehead atoms. The summed E-state index contributed by atoms with van der Waals surface area (Å²) in [4.78, 5) is 31.8. The molecule has 1 fully saturated rings. The number of aryl methyl sites for hydroxylation is 2. The summed E-state index contributed by atoms with van der Waals surface area (Å²) in [6, 6.07) is 14.8. The Morgan fingerprint density at radius 1 is 0.975 bits per heavy atom. The van der Waals surface area contributed by atoms with Crippen LogP contribution >= 0.6 is 0 Å². The second-order valence-corrected chi connectivity index (χ2v) is 10.6. The molecule has 2 aromatic heterocycles. The van der Waals surface area contributed by atoms with E-state index in [-0.39, 0.29) is 5.91 Å². The van der Waals surface area contributed by atoms with Crippen molar-refractivity contribution in [1.29, 1.82) is 0 Å². The fourth-order valence-electron chi connectivity index (χ4n) is 5.25. The van der Waals surface area contributed by atoms with E-state index in [0.717, 1.165) is 35.0 Å². The maximum absolute atomic E-state index is 13.1. The number of nitrogens with zero attached hydrogens (tertiary/aromatic N) is 4. The Labute approximate surface area is 230 Å². The number of benzene rings is 2. The molecule has 3 heterocycles. The van der Waals surface area contributed by atoms with Crippen LogP contribution in [-0.4, -0.2) is 50.6 Å². The van der Waals surface area contributed by atoms with Crippen LogP contribution in [0, 0.1) is 19.8 Å². The van der Waals surface area contributed by atoms with E-state index < -0.39 is 24.8 Å². The van der Waals surface area contributed by atoms with Crippen LogP contribution in [-0.2, 0) is 6.54 Å². The summed E-state index contributed by atoms with van der Waals surface area (Å²) in [6.45, 7) is 5.73. The summed E-state index contributed by atoms with van der Waals surface area (Å²) >= 11 is 0. The molecule has 208 valence electrons. The zero-order valence-electron chi connectivity index (χ0n) is 22.5. The Bertz CT molecular complexity index is 1520. The molecule has 0 N–H and O–H groups in total. The number of piperidine rings is 1. The quantitative estimate of drug-likeness (QED) is 0.239. The lowest BCUT2D eigenvalue weighted by atomic mass is 9.96. The highest BCUT2D eigenvalue weighted by Gasteiger charge is 2.29. The van der Waals surface area contributed by atoms with Gasteiger partial charge in [0.1, 0.15) is 0 Å². The molecule has 0 saturated carbocycles. The molecular weight excluding hydrogens is 517 g/mol. The summed E-state index contributed by atoms with van der Waals surface area (Å²) in [6.07, 6.45) is -0.668. The van der Waals surface area contributed by atoms with Gasteiger partial charge in [0, 0.05) is 60.5 Å². The van der Waals surface area contributed by atoms with Crippen molar-refractivity contribution in [3.63, 3.8) is 0 Å². The number of hydrogen-bond acceptors (Lipinski definition) is 4. The van der Waals surface area contributed by atoms with Crippen molar-refractivity contribution in [3.05, 3.63) is 83.2 Å². The van der Waals surface area contributed by atoms with Crippen LogP contribution in [0.3, 0.4) is 0 Å². The highest BCUT2D eigenvalue weighted by molar-refractivity contribution is 6.01. The number of amides is 1. The molecule has 1 aliphatic heterocycles. The van der Waals surface area contributed by atoms with Gasteiger partial charge in [-0.15, -0.1) is 0 Å². The topological polar surface area (TPSA) is 68.1 Å². The van der Waals surface area contributed by atoms with Crippen LogP contribution in [0.5, 0.6) is 0 Å². The minimum absolute atomic E-state index is 0.0186. The molecule has 9 heteroatoms. The van der Waals surface area contributed by atoms with Crippen LogP contribution in [0.2, 0.25) is 0 Å². The first-order valence-corrected chi connectivity index (χ1v) is 13.5. The van der Waals surface area contributed by atoms with E-state index in [1.165, 1.54) is 0 Å². The van der Waals surface area contributed by atoms with E-state index in [1.54, 1.807) is 19.1 Å². The number of hydrogen-bond donors (Lipinski definition) is 0. The van der Waals surface area contributed by atoms with Crippen LogP contribution in [0.15, 0.2) is 60.9 Å². The summed E-state index contributed by atoms with van der Waals surface area (Å²) in [5, 5.41) is 5.41. The third kappa shape index (κ3) is 6.24. The van der Waals surface area contributed by atoms with Gasteiger partial charge in [-0.2, -0.15) is 18.3 Å². The molecule has 2 aromatic carbocycles. The van der Waals surface area contributed by atoms with Gasteiger partial charge in [-0.25, -0.2) is 0 Å². The summed E-state index contributed by atoms with van der Waals surface area (Å²) in [5.74, 6) is -0.158. The third-order valence-electron chi connectivity index (χ3n) is 7.63. The molecule has 5 rings (SSSR count). The second-order valence-electron chi connectivity index (χ2n) is 10.6. The van der Waals surface area contributed by atoms with Gasteiger partial charge in [-0.1, -0.05) is 18.2 Å². The molecule has 0 unspecified atom stereocenters. The SMILES string of the molecule is Cc1ccc(-c2ccc(C(=O)N3CCC(Cn4cc5c(C)c(C(=O)CCC(F)(F)F)ccc5n4)CC3)cc2)nc1. The van der Waals surface area contributed by atoms with Gasteiger partial charge in [-0.3, -0.25) is 19.3 Å². The Morgan fingerprint density at radius 2 is 1.70 bits per heavy atom. The molecule has 1 amide bonds. The summed E-state index contributed by atoms with van der Waals surface area (Å²) in [7, 11) is 0. The summed E-state index contributed by atoms with van der Waals surface area (Å²) < 4.78 is 39.5. The Kier molecular flexibility index (Phi) is 7.74. The lowest BCUT2D eigenvalue weighted by Gasteiger charge is -2.32. The van der Waals surface area contributed by atoms with Gasteiger partial charge in [0.25, 0.3) is 5.91 Å². The van der Waals surface area contributed by atoms with Crippen molar-refractivity contribution in [2.75, 3.05) is 13.1 Å². The minimum Gasteiger partial charge on any atom is -0.339 e. The number of fused-ring (bicyclic) bond motifs is 1. The van der Waals surface area contributed by atoms with Gasteiger partial charge >= 0.3 is 6.18 Å². The number of carbonyl (C=O) groups is 2. The normalized spacial score (nSPS) is 14.6. The maximum atomic E-state index is 13.1. The molecular formula is C31H31F3N4O2. The van der Waals surface area contributed by atoms with E-state index in [4.69, 9.17) is 0 Å². The van der Waals surface area contributed by atoms with E-state index in [1.807, 2.05) is 65.3 Å². The third-order valence-corrected chi connectivity index (χ3v) is 7.63. The number of halogens is 3. The first-order chi connectivity index (χ1) is 19.1. The first-order valence-electron chi connectivity index (χ1n) is 13.5. The van der Waals surface area contributed by atoms with Gasteiger partial charge in [-0.05, 0) is 74.1 Å². The zero-order valence-corrected chi connectivity index (χ0v) is 22.5. The van der Waals surface area contributed by atoms with E-state index >= 15 is 0 Å². The fraction of sp³-hybridized carbons (Fsp3) is 0.355. The van der Waals surface area contributed by atoms with Crippen LogP contribution in [0.4, 0.5) is 13.2 Å². The minimum atomic E-state index is -4.36. The number of aromatic nitrogens is 3. The average molecular weight is 549 g/mol. The number of alkyl halides is 3. The zero-order chi connectivity index (χ0) is 28.4. The van der Waals surface area contributed by atoms with Gasteiger partial charge in [0.05, 0.1) is 17.6 Å². The molecule has 1 aliphatic rings. The number of rotatable bonds is 7. The molecule has 6 nitrogen and oxygen atoms in total. The molecule has 4 aromatic rings. The standard InChI is InChI=1S/C31H31F3N4O2/c1-20-3-9-27(35-17-20)23-4-6-24(7-5-23)30(40)37-15-12-22(13-16-37)18-38-19-26-21(2)25(8-10-28(26)36-38)29(39)11-14-31(32,33)34/h3-10,17,19,22H,11-16,18H2,1-2H3. The number of pyridine rings is 1. The predicted molar refractivity (Wildman–Crippen MR) is 147 cm³/mol. The van der Waals surface area contributed by atoms with Crippen molar-refractivity contribution >= 4 is 22.6 Å². The maximum Gasteiger partial charge on any atom is 0.389 e. The van der Waals surface area contributed by atoms with Gasteiger partial charge in [0.2, 0.25) is 0 Å². The Balaban J connectivity index is 1.18. The molecule has 0 spiro atoms. The molecule has 40 heavy (non-hydrogen) atoms. The van der Waals surface area contributed by atoms with Crippen LogP contribution < -0.4 is 0 Å². The van der Waals surface area contributed by atoms with Crippen molar-refractivity contribution in [2.45, 2.75) is 52.3 Å². The largest absolute Gasteiger partial charge is 0.389 e. The molecule has 0 atom stereocenters. The fourth-order valence-corrected chi connectivity index (χ4v) is 5.25. The van der Waals surface area contributed by atoms with Crippen molar-refractivity contribution < 1.29 is 22.8 Å². The van der Waals surface area contributed by atoms with Crippen molar-refractivity contribution in [2.24, 2.45) is 5.92 Å². The highest BCUT2D eigenvalue weighted by Crippen LogP contribution is 2.28. The summed E-state index contributed by atoms with van der Waals surface area (Å²) in [5.41, 5.74) is 5.27. The monoisotopic (exact) mass is 548 g/mol. The molecule has 1 saturated heterocycles. The van der Waals surface area contributed by atoms with Gasteiger partial charge in [0.15, 0.2) is 5.78 Å². The Morgan fingerprint density at radius 3 is 2.35 bits per heavy atom. The number of ketones is 1. The molecule has 0 radical (unpaired) electrons. The van der Waals surface area contributed by atoms with Crippen LogP contribution in [0.1, 0.15) is 57.5 Å². The molecule has 0 aliphatic carbocycles. The highest BCUT2D eigenvalue weighted by atomic mass is 19.4. The number of Topliss-reactive ketones (excluding diaryl/α,β-unsaturated/α-hetero) is 1.